The summed E-state index contributed by atoms with van der Waals surface area (Å²) >= 11 is 3.40. The average Bonchev–Trinajstić information content (AvgIpc) is 2.19. The molecular formula is C11H10BrNO. The van der Waals surface area contributed by atoms with Gasteiger partial charge in [0.1, 0.15) is 0 Å². The van der Waals surface area contributed by atoms with E-state index in [-0.39, 0.29) is 5.56 Å². The molecule has 0 saturated carbocycles. The molecule has 0 amide bonds. The third-order valence-corrected chi connectivity index (χ3v) is 2.90. The van der Waals surface area contributed by atoms with Crippen LogP contribution in [0.4, 0.5) is 0 Å². The van der Waals surface area contributed by atoms with Gasteiger partial charge in [0.15, 0.2) is 0 Å². The zero-order chi connectivity index (χ0) is 10.1. The summed E-state index contributed by atoms with van der Waals surface area (Å²) in [5.41, 5.74) is 2.85. The number of hydrogen-bond acceptors (Lipinski definition) is 1. The highest BCUT2D eigenvalue weighted by molar-refractivity contribution is 9.08. The van der Waals surface area contributed by atoms with Gasteiger partial charge in [-0.05, 0) is 36.1 Å². The molecule has 0 unspecified atom stereocenters. The third-order valence-electron chi connectivity index (χ3n) is 2.25. The van der Waals surface area contributed by atoms with E-state index in [1.165, 1.54) is 5.56 Å². The van der Waals surface area contributed by atoms with Gasteiger partial charge >= 0.3 is 0 Å². The molecule has 1 aromatic heterocycles. The first-order valence-electron chi connectivity index (χ1n) is 4.39. The molecule has 14 heavy (non-hydrogen) atoms. The molecule has 1 aromatic carbocycles. The first-order valence-corrected chi connectivity index (χ1v) is 5.51. The second-order valence-corrected chi connectivity index (χ2v) is 3.90. The number of alkyl halides is 1. The van der Waals surface area contributed by atoms with Crippen molar-refractivity contribution in [3.05, 3.63) is 45.7 Å². The van der Waals surface area contributed by atoms with Crippen LogP contribution >= 0.6 is 15.9 Å². The first kappa shape index (κ1) is 9.46. The molecule has 0 aliphatic rings. The van der Waals surface area contributed by atoms with E-state index in [1.807, 2.05) is 25.1 Å². The predicted octanol–water partition coefficient (Wildman–Crippen LogP) is 2.73. The van der Waals surface area contributed by atoms with Crippen molar-refractivity contribution in [2.24, 2.45) is 0 Å². The molecule has 0 aliphatic heterocycles. The number of aromatic nitrogens is 1. The van der Waals surface area contributed by atoms with Crippen LogP contribution in [0, 0.1) is 6.92 Å². The maximum Gasteiger partial charge on any atom is 0.251 e. The number of pyridine rings is 1. The monoisotopic (exact) mass is 251 g/mol. The summed E-state index contributed by atoms with van der Waals surface area (Å²) in [6.45, 7) is 1.82. The van der Waals surface area contributed by atoms with Crippen LogP contribution in [0.15, 0.2) is 29.1 Å². The minimum absolute atomic E-state index is 0.0101. The minimum atomic E-state index is -0.0101. The number of halogens is 1. The summed E-state index contributed by atoms with van der Waals surface area (Å²) in [6, 6.07) is 7.93. The highest BCUT2D eigenvalue weighted by Crippen LogP contribution is 2.15. The number of benzene rings is 1. The number of hydrogen-bond donors (Lipinski definition) is 1. The molecule has 0 aliphatic carbocycles. The first-order chi connectivity index (χ1) is 6.70. The molecule has 0 atom stereocenters. The number of nitrogens with one attached hydrogen (secondary N) is 1. The Morgan fingerprint density at radius 1 is 1.36 bits per heavy atom. The van der Waals surface area contributed by atoms with E-state index in [4.69, 9.17) is 0 Å². The number of rotatable bonds is 1. The van der Waals surface area contributed by atoms with E-state index in [0.29, 0.717) is 0 Å². The van der Waals surface area contributed by atoms with Gasteiger partial charge < -0.3 is 4.98 Å². The lowest BCUT2D eigenvalue weighted by atomic mass is 10.1. The minimum Gasteiger partial charge on any atom is -0.322 e. The Hall–Kier alpha value is -1.09. The van der Waals surface area contributed by atoms with Crippen LogP contribution in [0.25, 0.3) is 10.9 Å². The van der Waals surface area contributed by atoms with Gasteiger partial charge in [0.05, 0.1) is 0 Å². The van der Waals surface area contributed by atoms with Gasteiger partial charge in [-0.3, -0.25) is 4.79 Å². The van der Waals surface area contributed by atoms with E-state index in [9.17, 15) is 4.79 Å². The fourth-order valence-electron chi connectivity index (χ4n) is 1.45. The molecule has 0 fully saturated rings. The van der Waals surface area contributed by atoms with Gasteiger partial charge in [-0.1, -0.05) is 22.0 Å². The van der Waals surface area contributed by atoms with Gasteiger partial charge in [-0.25, -0.2) is 0 Å². The molecule has 2 aromatic rings. The van der Waals surface area contributed by atoms with Gasteiger partial charge in [-0.15, -0.1) is 0 Å². The quantitative estimate of drug-likeness (QED) is 0.777. The SMILES string of the molecule is Cc1cc2cc(CBr)ccc2[nH]c1=O. The zero-order valence-corrected chi connectivity index (χ0v) is 9.39. The van der Waals surface area contributed by atoms with Crippen LogP contribution in [-0.4, -0.2) is 4.98 Å². The standard InChI is InChI=1S/C11H10BrNO/c1-7-4-9-5-8(6-12)2-3-10(9)13-11(7)14/h2-5H,6H2,1H3,(H,13,14). The Labute approximate surface area is 90.1 Å². The normalized spacial score (nSPS) is 10.7. The van der Waals surface area contributed by atoms with Crippen LogP contribution in [-0.2, 0) is 5.33 Å². The predicted molar refractivity (Wildman–Crippen MR) is 61.9 cm³/mol. The van der Waals surface area contributed by atoms with Gasteiger partial charge in [-0.2, -0.15) is 0 Å². The fourth-order valence-corrected chi connectivity index (χ4v) is 1.80. The maximum absolute atomic E-state index is 11.3. The summed E-state index contributed by atoms with van der Waals surface area (Å²) < 4.78 is 0. The zero-order valence-electron chi connectivity index (χ0n) is 7.80. The number of aromatic amines is 1. The van der Waals surface area contributed by atoms with E-state index in [0.717, 1.165) is 21.8 Å². The van der Waals surface area contributed by atoms with Crippen molar-refractivity contribution >= 4 is 26.8 Å². The molecule has 1 heterocycles. The van der Waals surface area contributed by atoms with Gasteiger partial charge in [0, 0.05) is 16.4 Å². The molecule has 1 N–H and O–H groups in total. The highest BCUT2D eigenvalue weighted by Gasteiger charge is 1.99. The van der Waals surface area contributed by atoms with Crippen molar-refractivity contribution in [3.63, 3.8) is 0 Å². The van der Waals surface area contributed by atoms with Gasteiger partial charge in [0.25, 0.3) is 5.56 Å². The second-order valence-electron chi connectivity index (χ2n) is 3.34. The van der Waals surface area contributed by atoms with Crippen molar-refractivity contribution in [1.29, 1.82) is 0 Å². The Kier molecular flexibility index (Phi) is 2.42. The van der Waals surface area contributed by atoms with E-state index < -0.39 is 0 Å². The molecule has 3 heteroatoms. The van der Waals surface area contributed by atoms with Crippen LogP contribution in [0.5, 0.6) is 0 Å². The lowest BCUT2D eigenvalue weighted by molar-refractivity contribution is 1.23. The van der Waals surface area contributed by atoms with Crippen molar-refractivity contribution in [2.45, 2.75) is 12.3 Å². The van der Waals surface area contributed by atoms with Crippen LogP contribution < -0.4 is 5.56 Å². The van der Waals surface area contributed by atoms with Crippen LogP contribution in [0.3, 0.4) is 0 Å². The van der Waals surface area contributed by atoms with Crippen LogP contribution in [0.2, 0.25) is 0 Å². The van der Waals surface area contributed by atoms with E-state index in [1.54, 1.807) is 0 Å². The second kappa shape index (κ2) is 3.58. The van der Waals surface area contributed by atoms with E-state index >= 15 is 0 Å². The molecule has 2 nitrogen and oxygen atoms in total. The summed E-state index contributed by atoms with van der Waals surface area (Å²) in [6.07, 6.45) is 0. The Balaban J connectivity index is 2.77. The smallest absolute Gasteiger partial charge is 0.251 e. The lowest BCUT2D eigenvalue weighted by Gasteiger charge is -2.01. The van der Waals surface area contributed by atoms with Gasteiger partial charge in [0.2, 0.25) is 0 Å². The summed E-state index contributed by atoms with van der Waals surface area (Å²) in [7, 11) is 0. The summed E-state index contributed by atoms with van der Waals surface area (Å²) in [5.74, 6) is 0. The molecule has 0 radical (unpaired) electrons. The average molecular weight is 252 g/mol. The number of fused-ring (bicyclic) bond motifs is 1. The maximum atomic E-state index is 11.3. The third kappa shape index (κ3) is 1.60. The fraction of sp³-hybridized carbons (Fsp3) is 0.182. The Morgan fingerprint density at radius 3 is 2.86 bits per heavy atom. The summed E-state index contributed by atoms with van der Waals surface area (Å²) in [5, 5.41) is 1.92. The van der Waals surface area contributed by atoms with Crippen molar-refractivity contribution < 1.29 is 0 Å². The lowest BCUT2D eigenvalue weighted by Crippen LogP contribution is -2.08. The molecule has 0 saturated heterocycles. The van der Waals surface area contributed by atoms with Crippen molar-refractivity contribution in [3.8, 4) is 0 Å². The van der Waals surface area contributed by atoms with E-state index in [2.05, 4.69) is 27.0 Å². The molecule has 0 bridgehead atoms. The highest BCUT2D eigenvalue weighted by atomic mass is 79.9. The number of aryl methyl sites for hydroxylation is 1. The Morgan fingerprint density at radius 2 is 2.14 bits per heavy atom. The topological polar surface area (TPSA) is 32.9 Å². The molecule has 72 valence electrons. The van der Waals surface area contributed by atoms with Crippen molar-refractivity contribution in [1.82, 2.24) is 4.98 Å². The molecule has 0 spiro atoms. The molecular weight excluding hydrogens is 242 g/mol. The van der Waals surface area contributed by atoms with Crippen molar-refractivity contribution in [2.75, 3.05) is 0 Å². The number of H-pyrrole nitrogens is 1. The summed E-state index contributed by atoms with van der Waals surface area (Å²) in [4.78, 5) is 14.2. The Bertz CT molecular complexity index is 530. The largest absolute Gasteiger partial charge is 0.322 e. The molecule has 2 rings (SSSR count). The van der Waals surface area contributed by atoms with Crippen LogP contribution in [0.1, 0.15) is 11.1 Å².